The van der Waals surface area contributed by atoms with Crippen LogP contribution in [0.25, 0.3) is 0 Å². The van der Waals surface area contributed by atoms with Gasteiger partial charge in [0, 0.05) is 52.2 Å². The van der Waals surface area contributed by atoms with Crippen LogP contribution >= 0.6 is 12.4 Å². The van der Waals surface area contributed by atoms with Crippen LogP contribution in [-0.4, -0.2) is 80.1 Å². The highest BCUT2D eigenvalue weighted by atomic mass is 35.5. The summed E-state index contributed by atoms with van der Waals surface area (Å²) in [4.78, 5) is 26.4. The van der Waals surface area contributed by atoms with Gasteiger partial charge in [0.1, 0.15) is 6.54 Å². The van der Waals surface area contributed by atoms with Crippen LogP contribution in [0.15, 0.2) is 0 Å². The van der Waals surface area contributed by atoms with Crippen LogP contribution in [0.1, 0.15) is 6.42 Å². The zero-order chi connectivity index (χ0) is 16.2. The summed E-state index contributed by atoms with van der Waals surface area (Å²) in [7, 11) is 0. The third-order valence-electron chi connectivity index (χ3n) is 3.89. The summed E-state index contributed by atoms with van der Waals surface area (Å²) in [6.45, 7) is 3.38. The molecule has 2 N–H and O–H groups in total. The summed E-state index contributed by atoms with van der Waals surface area (Å²) >= 11 is 0. The number of amides is 2. The Labute approximate surface area is 139 Å². The largest absolute Gasteiger partial charge is 0.406 e. The third-order valence-corrected chi connectivity index (χ3v) is 3.89. The van der Waals surface area contributed by atoms with Crippen molar-refractivity contribution in [2.24, 2.45) is 5.92 Å². The average molecular weight is 359 g/mol. The van der Waals surface area contributed by atoms with Gasteiger partial charge in [0.25, 0.3) is 0 Å². The lowest BCUT2D eigenvalue weighted by Crippen LogP contribution is -2.46. The van der Waals surface area contributed by atoms with Gasteiger partial charge in [0.05, 0.1) is 5.92 Å². The van der Waals surface area contributed by atoms with Gasteiger partial charge >= 0.3 is 6.18 Å². The topological polar surface area (TPSA) is 64.7 Å². The lowest BCUT2D eigenvalue weighted by atomic mass is 10.1. The van der Waals surface area contributed by atoms with Crippen LogP contribution < -0.4 is 10.6 Å². The molecule has 2 aliphatic rings. The first-order valence-electron chi connectivity index (χ1n) is 7.40. The quantitative estimate of drug-likeness (QED) is 0.717. The lowest BCUT2D eigenvalue weighted by molar-refractivity contribution is -0.157. The van der Waals surface area contributed by atoms with Gasteiger partial charge in [0.2, 0.25) is 11.8 Å². The monoisotopic (exact) mass is 358 g/mol. The third kappa shape index (κ3) is 6.52. The van der Waals surface area contributed by atoms with Gasteiger partial charge in [0.15, 0.2) is 0 Å². The summed E-state index contributed by atoms with van der Waals surface area (Å²) < 4.78 is 36.9. The van der Waals surface area contributed by atoms with E-state index in [1.807, 2.05) is 0 Å². The van der Waals surface area contributed by atoms with E-state index in [1.165, 1.54) is 0 Å². The molecule has 0 saturated carbocycles. The van der Waals surface area contributed by atoms with Crippen LogP contribution in [0, 0.1) is 5.92 Å². The minimum absolute atomic E-state index is 0. The highest BCUT2D eigenvalue weighted by molar-refractivity contribution is 5.89. The van der Waals surface area contributed by atoms with Gasteiger partial charge in [-0.1, -0.05) is 0 Å². The predicted octanol–water partition coefficient (Wildman–Crippen LogP) is -0.160. The maximum absolute atomic E-state index is 12.3. The van der Waals surface area contributed by atoms with Crippen molar-refractivity contribution in [3.05, 3.63) is 0 Å². The maximum atomic E-state index is 12.3. The van der Waals surface area contributed by atoms with Crippen molar-refractivity contribution in [3.63, 3.8) is 0 Å². The van der Waals surface area contributed by atoms with Crippen molar-refractivity contribution in [1.82, 2.24) is 20.4 Å². The molecule has 134 valence electrons. The van der Waals surface area contributed by atoms with E-state index < -0.39 is 24.5 Å². The Morgan fingerprint density at radius 3 is 2.57 bits per heavy atom. The fourth-order valence-electron chi connectivity index (χ4n) is 2.73. The number of nitrogens with one attached hydrogen (secondary N) is 2. The Bertz CT molecular complexity index is 417. The highest BCUT2D eigenvalue weighted by Gasteiger charge is 2.40. The lowest BCUT2D eigenvalue weighted by Gasteiger charge is -2.27. The summed E-state index contributed by atoms with van der Waals surface area (Å²) in [6.07, 6.45) is -4.57. The molecule has 2 aliphatic heterocycles. The Balaban J connectivity index is 0.00000264. The molecule has 0 bridgehead atoms. The summed E-state index contributed by atoms with van der Waals surface area (Å²) in [5.74, 6) is -1.63. The maximum Gasteiger partial charge on any atom is 0.406 e. The fourth-order valence-corrected chi connectivity index (χ4v) is 2.73. The molecule has 2 rings (SSSR count). The number of likely N-dealkylation sites (tertiary alicyclic amines) is 1. The molecule has 0 radical (unpaired) electrons. The Hall–Kier alpha value is -1.06. The van der Waals surface area contributed by atoms with Gasteiger partial charge in [-0.15, -0.1) is 12.4 Å². The van der Waals surface area contributed by atoms with Crippen molar-refractivity contribution in [1.29, 1.82) is 0 Å². The Morgan fingerprint density at radius 1 is 1.30 bits per heavy atom. The van der Waals surface area contributed by atoms with Crippen molar-refractivity contribution < 1.29 is 22.8 Å². The zero-order valence-corrected chi connectivity index (χ0v) is 13.5. The van der Waals surface area contributed by atoms with Gasteiger partial charge in [-0.25, -0.2) is 0 Å². The van der Waals surface area contributed by atoms with Crippen molar-refractivity contribution >= 4 is 24.2 Å². The summed E-state index contributed by atoms with van der Waals surface area (Å²) in [6, 6.07) is 0. The molecule has 0 spiro atoms. The van der Waals surface area contributed by atoms with Crippen molar-refractivity contribution in [2.45, 2.75) is 12.6 Å². The molecule has 2 amide bonds. The molecule has 0 aromatic rings. The van der Waals surface area contributed by atoms with E-state index in [0.717, 1.165) is 26.2 Å². The van der Waals surface area contributed by atoms with E-state index in [2.05, 4.69) is 15.5 Å². The number of carbonyl (C=O) groups is 2. The molecule has 23 heavy (non-hydrogen) atoms. The molecule has 1 unspecified atom stereocenters. The summed E-state index contributed by atoms with van der Waals surface area (Å²) in [5, 5.41) is 5.94. The van der Waals surface area contributed by atoms with E-state index in [1.54, 1.807) is 0 Å². The fraction of sp³-hybridized carbons (Fsp3) is 0.846. The van der Waals surface area contributed by atoms with Crippen LogP contribution in [0.5, 0.6) is 0 Å². The summed E-state index contributed by atoms with van der Waals surface area (Å²) in [5.41, 5.74) is 0. The minimum atomic E-state index is -4.43. The number of hydrogen-bond donors (Lipinski definition) is 2. The molecule has 2 saturated heterocycles. The van der Waals surface area contributed by atoms with Crippen LogP contribution in [0.3, 0.4) is 0 Å². The first-order valence-corrected chi connectivity index (χ1v) is 7.40. The van der Waals surface area contributed by atoms with Crippen LogP contribution in [0.2, 0.25) is 0 Å². The Kier molecular flexibility index (Phi) is 7.56. The molecule has 0 aromatic heterocycles. The first kappa shape index (κ1) is 20.0. The minimum Gasteiger partial charge on any atom is -0.355 e. The number of alkyl halides is 3. The van der Waals surface area contributed by atoms with Crippen molar-refractivity contribution in [2.75, 3.05) is 52.4 Å². The molecule has 2 fully saturated rings. The van der Waals surface area contributed by atoms with Gasteiger partial charge in [-0.3, -0.25) is 14.5 Å². The molecule has 0 aromatic carbocycles. The number of nitrogens with zero attached hydrogens (tertiary/aromatic N) is 2. The SMILES string of the molecule is Cl.O=C(NCCN1CCNCC1)C1CC(=O)N(CC(F)(F)F)C1. The molecular weight excluding hydrogens is 337 g/mol. The molecular formula is C13H22ClF3N4O2. The number of piperazine rings is 1. The standard InChI is InChI=1S/C13H21F3N4O2.ClH/c14-13(15,16)9-20-8-10(7-11(20)21)12(22)18-3-6-19-4-1-17-2-5-19;/h10,17H,1-9H2,(H,18,22);1H. The van der Waals surface area contributed by atoms with Crippen molar-refractivity contribution in [3.8, 4) is 0 Å². The van der Waals surface area contributed by atoms with E-state index >= 15 is 0 Å². The van der Waals surface area contributed by atoms with Crippen LogP contribution in [-0.2, 0) is 9.59 Å². The van der Waals surface area contributed by atoms with Crippen LogP contribution in [0.4, 0.5) is 13.2 Å². The van der Waals surface area contributed by atoms with Gasteiger partial charge in [-0.2, -0.15) is 13.2 Å². The normalized spacial score (nSPS) is 22.8. The number of halogens is 4. The molecule has 0 aliphatic carbocycles. The first-order chi connectivity index (χ1) is 10.3. The molecule has 10 heteroatoms. The molecule has 2 heterocycles. The van der Waals surface area contributed by atoms with E-state index in [9.17, 15) is 22.8 Å². The molecule has 6 nitrogen and oxygen atoms in total. The second kappa shape index (κ2) is 8.70. The predicted molar refractivity (Wildman–Crippen MR) is 80.3 cm³/mol. The van der Waals surface area contributed by atoms with E-state index in [-0.39, 0.29) is 31.3 Å². The second-order valence-electron chi connectivity index (χ2n) is 5.67. The average Bonchev–Trinajstić information content (AvgIpc) is 2.79. The Morgan fingerprint density at radius 2 is 1.96 bits per heavy atom. The van der Waals surface area contributed by atoms with Gasteiger partial charge < -0.3 is 15.5 Å². The zero-order valence-electron chi connectivity index (χ0n) is 12.7. The van der Waals surface area contributed by atoms with E-state index in [0.29, 0.717) is 18.0 Å². The molecule has 1 atom stereocenters. The number of carbonyl (C=O) groups excluding carboxylic acids is 2. The number of rotatable bonds is 5. The second-order valence-corrected chi connectivity index (χ2v) is 5.67. The smallest absolute Gasteiger partial charge is 0.355 e. The highest BCUT2D eigenvalue weighted by Crippen LogP contribution is 2.23. The van der Waals surface area contributed by atoms with E-state index in [4.69, 9.17) is 0 Å². The number of hydrogen-bond acceptors (Lipinski definition) is 4. The van der Waals surface area contributed by atoms with Gasteiger partial charge in [-0.05, 0) is 0 Å².